The minimum atomic E-state index is -2.37. The van der Waals surface area contributed by atoms with Crippen LogP contribution in [0.4, 0.5) is 5.69 Å². The number of nitrogens with one attached hydrogen (secondary N) is 1. The van der Waals surface area contributed by atoms with E-state index in [4.69, 9.17) is 0 Å². The molecule has 2 unspecified atom stereocenters. The summed E-state index contributed by atoms with van der Waals surface area (Å²) in [6, 6.07) is 6.48. The molecule has 1 aliphatic rings. The van der Waals surface area contributed by atoms with Crippen LogP contribution in [0.1, 0.15) is 13.3 Å². The van der Waals surface area contributed by atoms with Gasteiger partial charge in [0.1, 0.15) is 7.14 Å². The van der Waals surface area contributed by atoms with Gasteiger partial charge in [0.25, 0.3) is 5.69 Å². The lowest BCUT2D eigenvalue weighted by Crippen LogP contribution is -2.41. The molecule has 0 aliphatic carbocycles. The van der Waals surface area contributed by atoms with E-state index in [0.717, 1.165) is 18.3 Å². The van der Waals surface area contributed by atoms with Gasteiger partial charge in [-0.3, -0.25) is 10.1 Å². The van der Waals surface area contributed by atoms with Gasteiger partial charge in [0, 0.05) is 42.3 Å². The van der Waals surface area contributed by atoms with Gasteiger partial charge in [0.2, 0.25) is 0 Å². The van der Waals surface area contributed by atoms with E-state index in [-0.39, 0.29) is 5.69 Å². The summed E-state index contributed by atoms with van der Waals surface area (Å²) >= 11 is 0. The fraction of sp³-hybridized carbons (Fsp3) is 0.500. The van der Waals surface area contributed by atoms with Gasteiger partial charge < -0.3 is 9.88 Å². The highest BCUT2D eigenvalue weighted by molar-refractivity contribution is 7.71. The molecule has 0 amide bonds. The lowest BCUT2D eigenvalue weighted by Gasteiger charge is -2.30. The van der Waals surface area contributed by atoms with Crippen molar-refractivity contribution in [2.45, 2.75) is 19.4 Å². The first kappa shape index (κ1) is 13.2. The van der Waals surface area contributed by atoms with Crippen molar-refractivity contribution in [1.82, 2.24) is 5.32 Å². The third-order valence-corrected chi connectivity index (χ3v) is 6.66. The second-order valence-electron chi connectivity index (χ2n) is 4.63. The summed E-state index contributed by atoms with van der Waals surface area (Å²) in [7, 11) is -2.37. The highest BCUT2D eigenvalue weighted by Crippen LogP contribution is 2.46. The number of benzene rings is 1. The molecule has 1 aromatic rings. The van der Waals surface area contributed by atoms with Crippen molar-refractivity contribution in [1.29, 1.82) is 0 Å². The largest absolute Gasteiger partial charge is 0.319 e. The number of hydrogen-bond donors (Lipinski definition) is 1. The number of hydrogen-bond acceptors (Lipinski definition) is 4. The molecule has 5 nitrogen and oxygen atoms in total. The van der Waals surface area contributed by atoms with Crippen LogP contribution in [0.5, 0.6) is 0 Å². The first-order valence-electron chi connectivity index (χ1n) is 6.11. The molecule has 1 heterocycles. The van der Waals surface area contributed by atoms with Crippen LogP contribution in [0.2, 0.25) is 0 Å². The number of rotatable bonds is 3. The Morgan fingerprint density at radius 1 is 1.44 bits per heavy atom. The fourth-order valence-electron chi connectivity index (χ4n) is 2.32. The highest BCUT2D eigenvalue weighted by atomic mass is 31.2. The third kappa shape index (κ3) is 2.62. The zero-order valence-corrected chi connectivity index (χ0v) is 11.2. The van der Waals surface area contributed by atoms with Gasteiger partial charge in [0.15, 0.2) is 0 Å². The summed E-state index contributed by atoms with van der Waals surface area (Å²) in [6.45, 7) is 2.83. The molecular formula is C12H17N2O3P. The molecule has 1 saturated heterocycles. The van der Waals surface area contributed by atoms with Gasteiger partial charge >= 0.3 is 0 Å². The first-order chi connectivity index (χ1) is 8.55. The molecule has 1 aromatic carbocycles. The lowest BCUT2D eigenvalue weighted by atomic mass is 10.2. The van der Waals surface area contributed by atoms with Crippen LogP contribution in [0.3, 0.4) is 0 Å². The van der Waals surface area contributed by atoms with Crippen LogP contribution in [0, 0.1) is 10.1 Å². The van der Waals surface area contributed by atoms with Crippen molar-refractivity contribution in [2.75, 3.05) is 18.9 Å². The fourth-order valence-corrected chi connectivity index (χ4v) is 5.25. The van der Waals surface area contributed by atoms with Gasteiger partial charge in [-0.25, -0.2) is 0 Å². The zero-order valence-electron chi connectivity index (χ0n) is 10.3. The molecule has 18 heavy (non-hydrogen) atoms. The highest BCUT2D eigenvalue weighted by Gasteiger charge is 2.31. The number of nitro benzene ring substituents is 1. The second kappa shape index (κ2) is 5.21. The monoisotopic (exact) mass is 268 g/mol. The van der Waals surface area contributed by atoms with Crippen molar-refractivity contribution in [2.24, 2.45) is 0 Å². The average Bonchev–Trinajstić information content (AvgIpc) is 2.39. The minimum absolute atomic E-state index is 0.0486. The smallest absolute Gasteiger partial charge is 0.269 e. The molecule has 0 spiro atoms. The van der Waals surface area contributed by atoms with Crippen LogP contribution < -0.4 is 10.6 Å². The van der Waals surface area contributed by atoms with Crippen molar-refractivity contribution in [3.05, 3.63) is 34.4 Å². The molecule has 98 valence electrons. The van der Waals surface area contributed by atoms with Crippen molar-refractivity contribution >= 4 is 18.1 Å². The predicted molar refractivity (Wildman–Crippen MR) is 72.2 cm³/mol. The molecule has 6 heteroatoms. The van der Waals surface area contributed by atoms with Crippen molar-refractivity contribution in [3.8, 4) is 0 Å². The molecule has 1 fully saturated rings. The Morgan fingerprint density at radius 3 is 2.67 bits per heavy atom. The number of nitro groups is 1. The third-order valence-electron chi connectivity index (χ3n) is 3.45. The van der Waals surface area contributed by atoms with Crippen LogP contribution in [0.25, 0.3) is 0 Å². The van der Waals surface area contributed by atoms with E-state index in [1.165, 1.54) is 12.1 Å². The van der Waals surface area contributed by atoms with Gasteiger partial charge in [-0.2, -0.15) is 0 Å². The Bertz CT molecular complexity index is 487. The normalized spacial score (nSPS) is 27.9. The van der Waals surface area contributed by atoms with Gasteiger partial charge in [0.05, 0.1) is 4.92 Å². The SMILES string of the molecule is CCC1CP(=O)(c2ccc([N+](=O)[O-])cc2)CCN1. The molecule has 0 bridgehead atoms. The summed E-state index contributed by atoms with van der Waals surface area (Å²) in [4.78, 5) is 10.2. The Morgan fingerprint density at radius 2 is 2.11 bits per heavy atom. The van der Waals surface area contributed by atoms with Gasteiger partial charge in [-0.1, -0.05) is 6.92 Å². The van der Waals surface area contributed by atoms with Gasteiger partial charge in [-0.05, 0) is 18.6 Å². The summed E-state index contributed by atoms with van der Waals surface area (Å²) in [5, 5.41) is 14.7. The number of non-ortho nitro benzene ring substituents is 1. The van der Waals surface area contributed by atoms with E-state index in [2.05, 4.69) is 12.2 Å². The van der Waals surface area contributed by atoms with Crippen LogP contribution >= 0.6 is 7.14 Å². The summed E-state index contributed by atoms with van der Waals surface area (Å²) < 4.78 is 12.9. The van der Waals surface area contributed by atoms with Gasteiger partial charge in [-0.15, -0.1) is 0 Å². The Hall–Kier alpha value is -1.19. The Kier molecular flexibility index (Phi) is 3.83. The molecule has 1 N–H and O–H groups in total. The topological polar surface area (TPSA) is 72.2 Å². The summed E-state index contributed by atoms with van der Waals surface area (Å²) in [6.07, 6.45) is 2.25. The second-order valence-corrected chi connectivity index (χ2v) is 7.74. The lowest BCUT2D eigenvalue weighted by molar-refractivity contribution is -0.384. The maximum Gasteiger partial charge on any atom is 0.269 e. The maximum atomic E-state index is 12.9. The Labute approximate surface area is 106 Å². The summed E-state index contributed by atoms with van der Waals surface area (Å²) in [5.41, 5.74) is 0.0486. The van der Waals surface area contributed by atoms with Crippen LogP contribution in [0.15, 0.2) is 24.3 Å². The molecule has 2 rings (SSSR count). The zero-order chi connectivity index (χ0) is 13.2. The molecule has 0 radical (unpaired) electrons. The average molecular weight is 268 g/mol. The van der Waals surface area contributed by atoms with Crippen molar-refractivity contribution in [3.63, 3.8) is 0 Å². The van der Waals surface area contributed by atoms with E-state index in [1.54, 1.807) is 12.1 Å². The van der Waals surface area contributed by atoms with Crippen LogP contribution in [-0.2, 0) is 4.57 Å². The maximum absolute atomic E-state index is 12.9. The first-order valence-corrected chi connectivity index (χ1v) is 8.19. The van der Waals surface area contributed by atoms with E-state index in [9.17, 15) is 14.7 Å². The van der Waals surface area contributed by atoms with E-state index in [0.29, 0.717) is 18.4 Å². The van der Waals surface area contributed by atoms with E-state index >= 15 is 0 Å². The quantitative estimate of drug-likeness (QED) is 0.516. The standard InChI is InChI=1S/C12H17N2O3P/c1-2-10-9-18(17,8-7-13-10)12-5-3-11(4-6-12)14(15)16/h3-6,10,13H,2,7-9H2,1H3. The summed E-state index contributed by atoms with van der Waals surface area (Å²) in [5.74, 6) is 0. The molecule has 2 atom stereocenters. The van der Waals surface area contributed by atoms with Crippen LogP contribution in [-0.4, -0.2) is 29.8 Å². The minimum Gasteiger partial charge on any atom is -0.319 e. The van der Waals surface area contributed by atoms with E-state index in [1.807, 2.05) is 0 Å². The molecule has 0 aromatic heterocycles. The van der Waals surface area contributed by atoms with E-state index < -0.39 is 12.1 Å². The Balaban J connectivity index is 2.24. The molecular weight excluding hydrogens is 251 g/mol. The predicted octanol–water partition coefficient (Wildman–Crippen LogP) is 1.96. The molecule has 0 saturated carbocycles. The van der Waals surface area contributed by atoms with Crippen molar-refractivity contribution < 1.29 is 9.49 Å². The molecule has 1 aliphatic heterocycles. The number of nitrogens with zero attached hydrogens (tertiary/aromatic N) is 1.